The molecule has 0 aliphatic heterocycles. The zero-order valence-electron chi connectivity index (χ0n) is 14.6. The monoisotopic (exact) mass is 385 g/mol. The van der Waals surface area contributed by atoms with Crippen molar-refractivity contribution >= 4 is 15.9 Å². The highest BCUT2D eigenvalue weighted by Gasteiger charge is 2.21. The SMILES string of the molecule is CCc1nc(C)c(Oc2cc(F)c(C(=O)NS(C)(=O)=O)cc2F)c(C)n1. The average Bonchev–Trinajstić information content (AvgIpc) is 2.51. The zero-order valence-corrected chi connectivity index (χ0v) is 15.4. The van der Waals surface area contributed by atoms with Crippen molar-refractivity contribution in [3.05, 3.63) is 46.5 Å². The van der Waals surface area contributed by atoms with Gasteiger partial charge in [-0.25, -0.2) is 31.9 Å². The van der Waals surface area contributed by atoms with E-state index in [9.17, 15) is 22.0 Å². The molecule has 7 nitrogen and oxygen atoms in total. The van der Waals surface area contributed by atoms with Crippen LogP contribution in [0, 0.1) is 25.5 Å². The summed E-state index contributed by atoms with van der Waals surface area (Å²) in [4.78, 5) is 20.1. The van der Waals surface area contributed by atoms with Gasteiger partial charge < -0.3 is 4.74 Å². The van der Waals surface area contributed by atoms with Gasteiger partial charge in [-0.1, -0.05) is 6.92 Å². The van der Waals surface area contributed by atoms with E-state index in [2.05, 4.69) is 9.97 Å². The molecule has 0 aliphatic carbocycles. The molecule has 2 rings (SSSR count). The molecule has 0 radical (unpaired) electrons. The maximum Gasteiger partial charge on any atom is 0.267 e. The number of amides is 1. The van der Waals surface area contributed by atoms with Crippen LogP contribution in [0.25, 0.3) is 0 Å². The van der Waals surface area contributed by atoms with Gasteiger partial charge in [0.05, 0.1) is 23.2 Å². The molecule has 0 atom stereocenters. The average molecular weight is 385 g/mol. The van der Waals surface area contributed by atoms with Crippen LogP contribution >= 0.6 is 0 Å². The lowest BCUT2D eigenvalue weighted by atomic mass is 10.2. The van der Waals surface area contributed by atoms with Crippen LogP contribution in [0.1, 0.15) is 34.5 Å². The summed E-state index contributed by atoms with van der Waals surface area (Å²) in [7, 11) is -3.91. The third kappa shape index (κ3) is 4.51. The Bertz CT molecular complexity index is 955. The van der Waals surface area contributed by atoms with E-state index >= 15 is 0 Å². The second kappa shape index (κ2) is 7.32. The Morgan fingerprint density at radius 3 is 2.23 bits per heavy atom. The van der Waals surface area contributed by atoms with Gasteiger partial charge in [0.1, 0.15) is 11.6 Å². The number of sulfonamides is 1. The molecule has 0 aliphatic rings. The third-order valence-electron chi connectivity index (χ3n) is 3.32. The first-order valence-electron chi connectivity index (χ1n) is 7.55. The molecule has 140 valence electrons. The molecule has 1 heterocycles. The predicted octanol–water partition coefficient (Wildman–Crippen LogP) is 2.42. The van der Waals surface area contributed by atoms with Gasteiger partial charge in [0.25, 0.3) is 5.91 Å². The number of hydrogen-bond acceptors (Lipinski definition) is 6. The van der Waals surface area contributed by atoms with Gasteiger partial charge in [0, 0.05) is 12.5 Å². The molecule has 1 N–H and O–H groups in total. The first-order chi connectivity index (χ1) is 12.0. The van der Waals surface area contributed by atoms with Crippen LogP contribution in [0.2, 0.25) is 0 Å². The third-order valence-corrected chi connectivity index (χ3v) is 3.88. The number of ether oxygens (including phenoxy) is 1. The summed E-state index contributed by atoms with van der Waals surface area (Å²) in [5, 5.41) is 0. The molecular weight excluding hydrogens is 368 g/mol. The van der Waals surface area contributed by atoms with Crippen LogP contribution in [0.15, 0.2) is 12.1 Å². The van der Waals surface area contributed by atoms with E-state index < -0.39 is 38.9 Å². The molecule has 2 aromatic rings. The molecule has 0 bridgehead atoms. The summed E-state index contributed by atoms with van der Waals surface area (Å²) in [5.74, 6) is -3.16. The number of benzene rings is 1. The largest absolute Gasteiger partial charge is 0.450 e. The number of nitrogens with one attached hydrogen (secondary N) is 1. The number of carbonyl (C=O) groups is 1. The molecule has 1 aromatic carbocycles. The molecule has 0 saturated carbocycles. The molecule has 10 heteroatoms. The van der Waals surface area contributed by atoms with Crippen molar-refractivity contribution in [2.75, 3.05) is 6.26 Å². The maximum atomic E-state index is 14.3. The van der Waals surface area contributed by atoms with Gasteiger partial charge in [0.15, 0.2) is 17.3 Å². The van der Waals surface area contributed by atoms with Crippen molar-refractivity contribution in [3.8, 4) is 11.5 Å². The number of hydrogen-bond donors (Lipinski definition) is 1. The second-order valence-corrected chi connectivity index (χ2v) is 7.31. The number of carbonyl (C=O) groups excluding carboxylic acids is 1. The predicted molar refractivity (Wildman–Crippen MR) is 89.6 cm³/mol. The summed E-state index contributed by atoms with van der Waals surface area (Å²) in [6.45, 7) is 5.17. The van der Waals surface area contributed by atoms with Crippen molar-refractivity contribution in [1.82, 2.24) is 14.7 Å². The Balaban J connectivity index is 2.39. The zero-order chi connectivity index (χ0) is 19.6. The Labute approximate surface area is 149 Å². The topological polar surface area (TPSA) is 98.2 Å². The summed E-state index contributed by atoms with van der Waals surface area (Å²) in [5.41, 5.74) is 0.146. The molecule has 0 spiro atoms. The van der Waals surface area contributed by atoms with Crippen molar-refractivity contribution in [1.29, 1.82) is 0 Å². The summed E-state index contributed by atoms with van der Waals surface area (Å²) in [6, 6.07) is 1.23. The van der Waals surface area contributed by atoms with Crippen LogP contribution in [-0.2, 0) is 16.4 Å². The summed E-state index contributed by atoms with van der Waals surface area (Å²) < 4.78 is 57.5. The lowest BCUT2D eigenvalue weighted by molar-refractivity contribution is 0.0977. The van der Waals surface area contributed by atoms with Crippen LogP contribution in [-0.4, -0.2) is 30.5 Å². The van der Waals surface area contributed by atoms with E-state index in [0.717, 1.165) is 6.26 Å². The lowest BCUT2D eigenvalue weighted by Crippen LogP contribution is -2.30. The van der Waals surface area contributed by atoms with Crippen LogP contribution in [0.5, 0.6) is 11.5 Å². The van der Waals surface area contributed by atoms with Crippen molar-refractivity contribution in [2.45, 2.75) is 27.2 Å². The minimum absolute atomic E-state index is 0.175. The fourth-order valence-corrected chi connectivity index (χ4v) is 2.64. The minimum atomic E-state index is -3.91. The molecular formula is C16H17F2N3O4S. The maximum absolute atomic E-state index is 14.3. The lowest BCUT2D eigenvalue weighted by Gasteiger charge is -2.13. The Hall–Kier alpha value is -2.62. The van der Waals surface area contributed by atoms with Gasteiger partial charge in [-0.15, -0.1) is 0 Å². The Morgan fingerprint density at radius 1 is 1.15 bits per heavy atom. The molecule has 0 saturated heterocycles. The Kier molecular flexibility index (Phi) is 5.55. The van der Waals surface area contributed by atoms with E-state index in [4.69, 9.17) is 4.74 Å². The van der Waals surface area contributed by atoms with E-state index in [1.165, 1.54) is 0 Å². The molecule has 26 heavy (non-hydrogen) atoms. The quantitative estimate of drug-likeness (QED) is 0.849. The first-order valence-corrected chi connectivity index (χ1v) is 9.44. The van der Waals surface area contributed by atoms with Gasteiger partial charge in [-0.05, 0) is 19.9 Å². The van der Waals surface area contributed by atoms with Gasteiger partial charge >= 0.3 is 0 Å². The van der Waals surface area contributed by atoms with Crippen molar-refractivity contribution in [2.24, 2.45) is 0 Å². The number of halogens is 2. The smallest absolute Gasteiger partial charge is 0.267 e. The number of aryl methyl sites for hydroxylation is 3. The van der Waals surface area contributed by atoms with Crippen LogP contribution < -0.4 is 9.46 Å². The molecule has 0 fully saturated rings. The Morgan fingerprint density at radius 2 is 1.73 bits per heavy atom. The minimum Gasteiger partial charge on any atom is -0.450 e. The highest BCUT2D eigenvalue weighted by Crippen LogP contribution is 2.30. The van der Waals surface area contributed by atoms with E-state index in [1.54, 1.807) is 18.6 Å². The highest BCUT2D eigenvalue weighted by molar-refractivity contribution is 7.89. The van der Waals surface area contributed by atoms with Crippen LogP contribution in [0.4, 0.5) is 8.78 Å². The summed E-state index contributed by atoms with van der Waals surface area (Å²) in [6.07, 6.45) is 1.33. The van der Waals surface area contributed by atoms with Gasteiger partial charge in [-0.3, -0.25) is 4.79 Å². The number of nitrogens with zero attached hydrogens (tertiary/aromatic N) is 2. The fraction of sp³-hybridized carbons (Fsp3) is 0.312. The van der Waals surface area contributed by atoms with Gasteiger partial charge in [-0.2, -0.15) is 0 Å². The fourth-order valence-electron chi connectivity index (χ4n) is 2.20. The molecule has 0 unspecified atom stereocenters. The standard InChI is InChI=1S/C16H17F2N3O4S/c1-5-14-19-8(2)15(9(3)20-14)25-13-7-11(17)10(6-12(13)18)16(22)21-26(4,23)24/h6-7H,5H2,1-4H3,(H,21,22). The van der Waals surface area contributed by atoms with E-state index in [-0.39, 0.29) is 5.75 Å². The summed E-state index contributed by atoms with van der Waals surface area (Å²) >= 11 is 0. The number of rotatable bonds is 5. The first kappa shape index (κ1) is 19.7. The van der Waals surface area contributed by atoms with E-state index in [1.807, 2.05) is 6.92 Å². The highest BCUT2D eigenvalue weighted by atomic mass is 32.2. The van der Waals surface area contributed by atoms with Crippen molar-refractivity contribution < 1.29 is 26.7 Å². The molecule has 1 aromatic heterocycles. The van der Waals surface area contributed by atoms with E-state index in [0.29, 0.717) is 35.8 Å². The normalized spacial score (nSPS) is 11.3. The molecule has 1 amide bonds. The second-order valence-electron chi connectivity index (χ2n) is 5.56. The van der Waals surface area contributed by atoms with Crippen molar-refractivity contribution in [3.63, 3.8) is 0 Å². The van der Waals surface area contributed by atoms with Crippen LogP contribution in [0.3, 0.4) is 0 Å². The van der Waals surface area contributed by atoms with Gasteiger partial charge in [0.2, 0.25) is 10.0 Å². The number of aromatic nitrogens is 2.